The van der Waals surface area contributed by atoms with E-state index in [1.54, 1.807) is 0 Å². The van der Waals surface area contributed by atoms with Crippen LogP contribution in [0.5, 0.6) is 0 Å². The zero-order valence-electron chi connectivity index (χ0n) is 11.1. The number of alkyl halides is 3. The Morgan fingerprint density at radius 3 is 2.30 bits per heavy atom. The number of benzene rings is 1. The predicted molar refractivity (Wildman–Crippen MR) is 76.1 cm³/mol. The van der Waals surface area contributed by atoms with Gasteiger partial charge in [-0.2, -0.15) is 13.2 Å². The summed E-state index contributed by atoms with van der Waals surface area (Å²) in [4.78, 5) is 0. The summed E-state index contributed by atoms with van der Waals surface area (Å²) in [5.41, 5.74) is 5.35. The topological polar surface area (TPSA) is 46.2 Å². The molecule has 0 saturated carbocycles. The summed E-state index contributed by atoms with van der Waals surface area (Å²) in [5.74, 6) is -0.0453. The van der Waals surface area contributed by atoms with Crippen LogP contribution in [-0.4, -0.2) is 11.2 Å². The molecular weight excluding hydrogens is 314 g/mol. The molecule has 0 aliphatic heterocycles. The van der Waals surface area contributed by atoms with Crippen LogP contribution in [0.2, 0.25) is 5.02 Å². The maximum atomic E-state index is 12.6. The van der Waals surface area contributed by atoms with Crippen molar-refractivity contribution >= 4 is 24.0 Å². The van der Waals surface area contributed by atoms with E-state index in [-0.39, 0.29) is 18.3 Å². The molecule has 116 valence electrons. The minimum atomic E-state index is -4.49. The van der Waals surface area contributed by atoms with Crippen molar-refractivity contribution in [3.05, 3.63) is 34.3 Å². The molecular formula is C13H18Cl2F3NO. The number of nitrogens with two attached hydrogens (primary N) is 1. The Bertz CT molecular complexity index is 440. The molecule has 1 aromatic carbocycles. The van der Waals surface area contributed by atoms with Gasteiger partial charge in [0.2, 0.25) is 0 Å². The molecule has 0 heterocycles. The van der Waals surface area contributed by atoms with Crippen molar-refractivity contribution in [2.75, 3.05) is 0 Å². The fourth-order valence-electron chi connectivity index (χ4n) is 1.76. The maximum Gasteiger partial charge on any atom is 0.417 e. The first kappa shape index (κ1) is 19.5. The Hall–Kier alpha value is -0.490. The molecule has 0 amide bonds. The van der Waals surface area contributed by atoms with E-state index in [1.807, 2.05) is 13.8 Å². The molecule has 0 aromatic heterocycles. The minimum Gasteiger partial charge on any atom is -0.391 e. The van der Waals surface area contributed by atoms with E-state index < -0.39 is 28.9 Å². The highest BCUT2D eigenvalue weighted by Gasteiger charge is 2.33. The van der Waals surface area contributed by atoms with Crippen molar-refractivity contribution in [2.45, 2.75) is 38.6 Å². The molecule has 3 atom stereocenters. The van der Waals surface area contributed by atoms with Gasteiger partial charge in [-0.05, 0) is 23.6 Å². The summed E-state index contributed by atoms with van der Waals surface area (Å²) in [6.07, 6.45) is -4.59. The van der Waals surface area contributed by atoms with Gasteiger partial charge in [-0.3, -0.25) is 0 Å². The Labute approximate surface area is 127 Å². The normalized spacial score (nSPS) is 16.2. The highest BCUT2D eigenvalue weighted by molar-refractivity contribution is 6.31. The van der Waals surface area contributed by atoms with Gasteiger partial charge in [0.05, 0.1) is 22.7 Å². The van der Waals surface area contributed by atoms with Gasteiger partial charge in [0, 0.05) is 0 Å². The first-order valence-corrected chi connectivity index (χ1v) is 6.36. The Morgan fingerprint density at radius 2 is 1.90 bits per heavy atom. The van der Waals surface area contributed by atoms with Crippen LogP contribution in [0, 0.1) is 5.92 Å². The van der Waals surface area contributed by atoms with Gasteiger partial charge in [0.1, 0.15) is 0 Å². The third-order valence-electron chi connectivity index (χ3n) is 3.28. The lowest BCUT2D eigenvalue weighted by molar-refractivity contribution is -0.137. The van der Waals surface area contributed by atoms with Gasteiger partial charge in [-0.1, -0.05) is 37.9 Å². The van der Waals surface area contributed by atoms with Crippen molar-refractivity contribution in [1.82, 2.24) is 0 Å². The standard InChI is InChI=1S/C13H17ClF3NO.ClH/c1-3-7(2)12(19)11(18)8-4-5-9(10(14)6-8)13(15,16)17;/h4-7,11-12,19H,3,18H2,1-2H3;1H/t7?,11-,12+;/m1./s1. The largest absolute Gasteiger partial charge is 0.417 e. The average molecular weight is 332 g/mol. The fourth-order valence-corrected chi connectivity index (χ4v) is 2.06. The third kappa shape index (κ3) is 4.52. The second-order valence-electron chi connectivity index (χ2n) is 4.64. The summed E-state index contributed by atoms with van der Waals surface area (Å²) in [5, 5.41) is 9.56. The fraction of sp³-hybridized carbons (Fsp3) is 0.538. The molecule has 0 radical (unpaired) electrons. The lowest BCUT2D eigenvalue weighted by Gasteiger charge is -2.24. The third-order valence-corrected chi connectivity index (χ3v) is 3.59. The quantitative estimate of drug-likeness (QED) is 0.869. The van der Waals surface area contributed by atoms with Gasteiger partial charge in [-0.25, -0.2) is 0 Å². The van der Waals surface area contributed by atoms with Gasteiger partial charge >= 0.3 is 6.18 Å². The van der Waals surface area contributed by atoms with Crippen LogP contribution in [0.25, 0.3) is 0 Å². The second kappa shape index (κ2) is 7.50. The lowest BCUT2D eigenvalue weighted by Crippen LogP contribution is -2.31. The zero-order chi connectivity index (χ0) is 14.8. The van der Waals surface area contributed by atoms with Crippen LogP contribution in [0.4, 0.5) is 13.2 Å². The summed E-state index contributed by atoms with van der Waals surface area (Å²) >= 11 is 5.62. The van der Waals surface area contributed by atoms with Crippen LogP contribution in [0.3, 0.4) is 0 Å². The highest BCUT2D eigenvalue weighted by atomic mass is 35.5. The van der Waals surface area contributed by atoms with E-state index in [9.17, 15) is 18.3 Å². The Kier molecular flexibility index (Phi) is 7.32. The van der Waals surface area contributed by atoms with E-state index in [0.717, 1.165) is 12.5 Å². The number of rotatable bonds is 4. The number of aliphatic hydroxyl groups excluding tert-OH is 1. The SMILES string of the molecule is CCC(C)[C@H](O)[C@H](N)c1ccc(C(F)(F)F)c(Cl)c1.Cl. The summed E-state index contributed by atoms with van der Waals surface area (Å²) in [6, 6.07) is 2.56. The number of halogens is 5. The summed E-state index contributed by atoms with van der Waals surface area (Å²) in [6.45, 7) is 3.73. The van der Waals surface area contributed by atoms with Crippen LogP contribution in [0.15, 0.2) is 18.2 Å². The Balaban J connectivity index is 0.00000361. The van der Waals surface area contributed by atoms with E-state index in [4.69, 9.17) is 17.3 Å². The summed E-state index contributed by atoms with van der Waals surface area (Å²) < 4.78 is 37.7. The minimum absolute atomic E-state index is 0. The monoisotopic (exact) mass is 331 g/mol. The molecule has 1 unspecified atom stereocenters. The maximum absolute atomic E-state index is 12.6. The van der Waals surface area contributed by atoms with E-state index in [2.05, 4.69) is 0 Å². The van der Waals surface area contributed by atoms with Crippen LogP contribution >= 0.6 is 24.0 Å². The molecule has 0 aliphatic carbocycles. The zero-order valence-corrected chi connectivity index (χ0v) is 12.7. The van der Waals surface area contributed by atoms with E-state index in [0.29, 0.717) is 5.56 Å². The molecule has 3 N–H and O–H groups in total. The highest BCUT2D eigenvalue weighted by Crippen LogP contribution is 2.36. The van der Waals surface area contributed by atoms with Gasteiger partial charge < -0.3 is 10.8 Å². The molecule has 1 aromatic rings. The van der Waals surface area contributed by atoms with Crippen LogP contribution < -0.4 is 5.73 Å². The molecule has 0 spiro atoms. The average Bonchev–Trinajstić information content (AvgIpc) is 2.34. The van der Waals surface area contributed by atoms with Crippen LogP contribution in [-0.2, 0) is 6.18 Å². The number of aliphatic hydroxyl groups is 1. The molecule has 2 nitrogen and oxygen atoms in total. The first-order valence-electron chi connectivity index (χ1n) is 5.98. The van der Waals surface area contributed by atoms with Crippen molar-refractivity contribution in [2.24, 2.45) is 11.7 Å². The molecule has 1 rings (SSSR count). The number of hydrogen-bond donors (Lipinski definition) is 2. The van der Waals surface area contributed by atoms with E-state index in [1.165, 1.54) is 12.1 Å². The van der Waals surface area contributed by atoms with Crippen LogP contribution in [0.1, 0.15) is 37.4 Å². The smallest absolute Gasteiger partial charge is 0.391 e. The number of hydrogen-bond acceptors (Lipinski definition) is 2. The van der Waals surface area contributed by atoms with Gasteiger partial charge in [0.25, 0.3) is 0 Å². The molecule has 0 bridgehead atoms. The van der Waals surface area contributed by atoms with Gasteiger partial charge in [-0.15, -0.1) is 12.4 Å². The van der Waals surface area contributed by atoms with Crippen molar-refractivity contribution in [3.8, 4) is 0 Å². The van der Waals surface area contributed by atoms with Crippen molar-refractivity contribution in [3.63, 3.8) is 0 Å². The van der Waals surface area contributed by atoms with Crippen molar-refractivity contribution < 1.29 is 18.3 Å². The molecule has 0 saturated heterocycles. The van der Waals surface area contributed by atoms with Gasteiger partial charge in [0.15, 0.2) is 0 Å². The second-order valence-corrected chi connectivity index (χ2v) is 5.05. The lowest BCUT2D eigenvalue weighted by atomic mass is 9.91. The van der Waals surface area contributed by atoms with E-state index >= 15 is 0 Å². The molecule has 20 heavy (non-hydrogen) atoms. The molecule has 7 heteroatoms. The summed E-state index contributed by atoms with van der Waals surface area (Å²) in [7, 11) is 0. The predicted octanol–water partition coefficient (Wildman–Crippen LogP) is 4.19. The Morgan fingerprint density at radius 1 is 1.35 bits per heavy atom. The van der Waals surface area contributed by atoms with Crippen molar-refractivity contribution in [1.29, 1.82) is 0 Å². The first-order chi connectivity index (χ1) is 8.68. The molecule has 0 fully saturated rings. The molecule has 0 aliphatic rings.